The van der Waals surface area contributed by atoms with Crippen LogP contribution in [0, 0.1) is 0 Å². The second-order valence-electron chi connectivity index (χ2n) is 10.6. The first kappa shape index (κ1) is 32.8. The van der Waals surface area contributed by atoms with Gasteiger partial charge >= 0.3 is 11.9 Å². The molecule has 0 aromatic heterocycles. The maximum absolute atomic E-state index is 11.5. The molecule has 34 heavy (non-hydrogen) atoms. The quantitative estimate of drug-likeness (QED) is 0.115. The number of aliphatic hydroxyl groups is 1. The van der Waals surface area contributed by atoms with Gasteiger partial charge in [-0.2, -0.15) is 0 Å². The first-order valence-corrected chi connectivity index (χ1v) is 20.6. The Morgan fingerprint density at radius 2 is 1.26 bits per heavy atom. The Bertz CT molecular complexity index is 684. The Hall–Kier alpha value is -1.17. The highest BCUT2D eigenvalue weighted by Crippen LogP contribution is 2.13. The maximum atomic E-state index is 11.5. The van der Waals surface area contributed by atoms with E-state index in [0.29, 0.717) is 39.1 Å². The van der Waals surface area contributed by atoms with Crippen molar-refractivity contribution in [3.63, 3.8) is 0 Å². The molecule has 1 rings (SSSR count). The van der Waals surface area contributed by atoms with Gasteiger partial charge in [-0.25, -0.2) is 0 Å². The van der Waals surface area contributed by atoms with Gasteiger partial charge in [0.25, 0.3) is 0 Å². The summed E-state index contributed by atoms with van der Waals surface area (Å²) in [7, 11) is -2.18. The molecular formula is C25H45BrO6Si2. The van der Waals surface area contributed by atoms with Crippen LogP contribution in [-0.4, -0.2) is 58.3 Å². The summed E-state index contributed by atoms with van der Waals surface area (Å²) in [6.45, 7) is 15.3. The molecule has 1 aromatic rings. The zero-order chi connectivity index (χ0) is 26.0. The number of hydrogen-bond donors (Lipinski definition) is 1. The summed E-state index contributed by atoms with van der Waals surface area (Å²) >= 11 is 3.28. The van der Waals surface area contributed by atoms with Crippen molar-refractivity contribution in [3.05, 3.63) is 29.8 Å². The topological polar surface area (TPSA) is 82.1 Å². The van der Waals surface area contributed by atoms with Crippen molar-refractivity contribution < 1.29 is 28.9 Å². The van der Waals surface area contributed by atoms with Gasteiger partial charge in [0.15, 0.2) is 0 Å². The lowest BCUT2D eigenvalue weighted by Gasteiger charge is -2.15. The van der Waals surface area contributed by atoms with E-state index in [4.69, 9.17) is 19.3 Å². The van der Waals surface area contributed by atoms with Crippen LogP contribution < -0.4 is 4.74 Å². The molecule has 0 saturated carbocycles. The van der Waals surface area contributed by atoms with Crippen molar-refractivity contribution in [2.45, 2.75) is 83.7 Å². The predicted octanol–water partition coefficient (Wildman–Crippen LogP) is 6.26. The molecule has 6 nitrogen and oxygen atoms in total. The van der Waals surface area contributed by atoms with Gasteiger partial charge in [-0.3, -0.25) is 9.59 Å². The number of halogens is 1. The molecule has 0 fully saturated rings. The SMILES string of the molecule is C[Si](C)(C)CCOC(=O)CCCBr.C[Si](C)(C)CCOC(=O)CCCOc1ccc(CO)cc1. The molecule has 0 aliphatic heterocycles. The molecule has 196 valence electrons. The number of rotatable bonds is 15. The lowest BCUT2D eigenvalue weighted by Crippen LogP contribution is -2.22. The minimum Gasteiger partial charge on any atom is -0.494 e. The van der Waals surface area contributed by atoms with Gasteiger partial charge in [0, 0.05) is 34.3 Å². The minimum absolute atomic E-state index is 0.0313. The Kier molecular flexibility index (Phi) is 17.5. The zero-order valence-corrected chi connectivity index (χ0v) is 25.5. The molecule has 0 saturated heterocycles. The van der Waals surface area contributed by atoms with Crippen LogP contribution in [-0.2, 0) is 25.7 Å². The Morgan fingerprint density at radius 1 is 0.794 bits per heavy atom. The molecular weight excluding hydrogens is 532 g/mol. The fourth-order valence-electron chi connectivity index (χ4n) is 2.40. The van der Waals surface area contributed by atoms with Crippen molar-refractivity contribution in [3.8, 4) is 5.75 Å². The second-order valence-corrected chi connectivity index (χ2v) is 22.6. The largest absolute Gasteiger partial charge is 0.494 e. The number of carbonyl (C=O) groups excluding carboxylic acids is 2. The highest BCUT2D eigenvalue weighted by molar-refractivity contribution is 9.09. The van der Waals surface area contributed by atoms with E-state index >= 15 is 0 Å². The van der Waals surface area contributed by atoms with Gasteiger partial charge in [0.05, 0.1) is 26.4 Å². The second kappa shape index (κ2) is 18.2. The number of benzene rings is 1. The number of esters is 2. The fraction of sp³-hybridized carbons (Fsp3) is 0.680. The number of ether oxygens (including phenoxy) is 3. The minimum atomic E-state index is -1.13. The summed E-state index contributed by atoms with van der Waals surface area (Å²) in [5.41, 5.74) is 0.855. The zero-order valence-electron chi connectivity index (χ0n) is 22.0. The van der Waals surface area contributed by atoms with Crippen molar-refractivity contribution >= 4 is 44.0 Å². The van der Waals surface area contributed by atoms with Crippen molar-refractivity contribution in [2.24, 2.45) is 0 Å². The summed E-state index contributed by atoms with van der Waals surface area (Å²) < 4.78 is 15.8. The third kappa shape index (κ3) is 21.4. The molecule has 0 bridgehead atoms. The van der Waals surface area contributed by atoms with Gasteiger partial charge in [0.1, 0.15) is 5.75 Å². The highest BCUT2D eigenvalue weighted by Gasteiger charge is 2.14. The van der Waals surface area contributed by atoms with Crippen LogP contribution in [0.2, 0.25) is 51.4 Å². The number of aliphatic hydroxyl groups excluding tert-OH is 1. The third-order valence-corrected chi connectivity index (χ3v) is 8.61. The van der Waals surface area contributed by atoms with Gasteiger partial charge in [0.2, 0.25) is 0 Å². The standard InChI is InChI=1S/C16H26O4Si.C9H19BrO2Si/c1-21(2,3)12-11-20-16(18)5-4-10-19-15-8-6-14(13-17)7-9-15;1-13(2,3)8-7-12-9(11)5-4-6-10/h6-9,17H,4-5,10-13H2,1-3H3;4-8H2,1-3H3. The predicted molar refractivity (Wildman–Crippen MR) is 148 cm³/mol. The third-order valence-electron chi connectivity index (χ3n) is 4.64. The molecule has 0 spiro atoms. The molecule has 0 aliphatic rings. The molecule has 0 amide bonds. The van der Waals surface area contributed by atoms with Crippen molar-refractivity contribution in [1.29, 1.82) is 0 Å². The van der Waals surface area contributed by atoms with Crippen LogP contribution in [0.5, 0.6) is 5.75 Å². The smallest absolute Gasteiger partial charge is 0.305 e. The van der Waals surface area contributed by atoms with E-state index in [1.54, 1.807) is 0 Å². The monoisotopic (exact) mass is 576 g/mol. The van der Waals surface area contributed by atoms with E-state index < -0.39 is 16.1 Å². The molecule has 0 aliphatic carbocycles. The molecule has 0 radical (unpaired) electrons. The fourth-order valence-corrected chi connectivity index (χ4v) is 4.10. The van der Waals surface area contributed by atoms with Crippen LogP contribution in [0.1, 0.15) is 31.2 Å². The maximum Gasteiger partial charge on any atom is 0.305 e. The summed E-state index contributed by atoms with van der Waals surface area (Å²) in [6, 6.07) is 9.34. The Morgan fingerprint density at radius 3 is 1.68 bits per heavy atom. The van der Waals surface area contributed by atoms with Crippen LogP contribution in [0.4, 0.5) is 0 Å². The van der Waals surface area contributed by atoms with Crippen LogP contribution in [0.15, 0.2) is 24.3 Å². The summed E-state index contributed by atoms with van der Waals surface area (Å²) in [6.07, 6.45) is 2.44. The van der Waals surface area contributed by atoms with Gasteiger partial charge in [-0.15, -0.1) is 0 Å². The van der Waals surface area contributed by atoms with Crippen molar-refractivity contribution in [1.82, 2.24) is 0 Å². The average molecular weight is 578 g/mol. The van der Waals surface area contributed by atoms with E-state index in [1.165, 1.54) is 0 Å². The summed E-state index contributed by atoms with van der Waals surface area (Å²) in [4.78, 5) is 22.6. The normalized spacial score (nSPS) is 11.3. The summed E-state index contributed by atoms with van der Waals surface area (Å²) in [5, 5.41) is 9.81. The molecule has 0 unspecified atom stereocenters. The number of carbonyl (C=O) groups is 2. The first-order valence-electron chi connectivity index (χ1n) is 12.1. The number of hydrogen-bond acceptors (Lipinski definition) is 6. The lowest BCUT2D eigenvalue weighted by atomic mass is 10.2. The average Bonchev–Trinajstić information content (AvgIpc) is 2.74. The first-order chi connectivity index (χ1) is 15.9. The van der Waals surface area contributed by atoms with Gasteiger partial charge < -0.3 is 19.3 Å². The Labute approximate surface area is 216 Å². The van der Waals surface area contributed by atoms with Gasteiger partial charge in [-0.05, 0) is 42.6 Å². The molecule has 0 heterocycles. The van der Waals surface area contributed by atoms with Crippen LogP contribution in [0.25, 0.3) is 0 Å². The van der Waals surface area contributed by atoms with E-state index in [0.717, 1.165) is 35.2 Å². The van der Waals surface area contributed by atoms with E-state index in [9.17, 15) is 9.59 Å². The number of alkyl halides is 1. The molecule has 0 atom stereocenters. The van der Waals surface area contributed by atoms with E-state index in [1.807, 2.05) is 24.3 Å². The van der Waals surface area contributed by atoms with Crippen LogP contribution in [0.3, 0.4) is 0 Å². The van der Waals surface area contributed by atoms with Gasteiger partial charge in [-0.1, -0.05) is 67.3 Å². The molecule has 1 aromatic carbocycles. The summed E-state index contributed by atoms with van der Waals surface area (Å²) in [5.74, 6) is 0.546. The molecule has 9 heteroatoms. The van der Waals surface area contributed by atoms with E-state index in [-0.39, 0.29) is 18.5 Å². The molecule has 1 N–H and O–H groups in total. The highest BCUT2D eigenvalue weighted by atomic mass is 79.9. The van der Waals surface area contributed by atoms with E-state index in [2.05, 4.69) is 55.2 Å². The lowest BCUT2D eigenvalue weighted by molar-refractivity contribution is -0.144. The van der Waals surface area contributed by atoms with Crippen LogP contribution >= 0.6 is 15.9 Å². The Balaban J connectivity index is 0.000000722. The van der Waals surface area contributed by atoms with Crippen molar-refractivity contribution in [2.75, 3.05) is 25.2 Å².